The van der Waals surface area contributed by atoms with Gasteiger partial charge in [-0.25, -0.2) is 4.79 Å². The van der Waals surface area contributed by atoms with Crippen LogP contribution in [0.5, 0.6) is 0 Å². The van der Waals surface area contributed by atoms with Crippen molar-refractivity contribution in [3.63, 3.8) is 0 Å². The summed E-state index contributed by atoms with van der Waals surface area (Å²) in [5.41, 5.74) is 3.41. The van der Waals surface area contributed by atoms with Gasteiger partial charge in [-0.1, -0.05) is 12.1 Å². The molecule has 2 aromatic rings. The Kier molecular flexibility index (Phi) is 2.70. The van der Waals surface area contributed by atoms with E-state index in [0.29, 0.717) is 6.54 Å². The van der Waals surface area contributed by atoms with Gasteiger partial charge in [0.15, 0.2) is 0 Å². The Morgan fingerprint density at radius 2 is 2.22 bits per heavy atom. The molecule has 1 aromatic heterocycles. The van der Waals surface area contributed by atoms with E-state index >= 15 is 0 Å². The van der Waals surface area contributed by atoms with Crippen LogP contribution < -0.4 is 5.32 Å². The lowest BCUT2D eigenvalue weighted by Gasteiger charge is -2.30. The summed E-state index contributed by atoms with van der Waals surface area (Å²) in [6.07, 6.45) is 1.12. The summed E-state index contributed by atoms with van der Waals surface area (Å²) in [6.45, 7) is 4.41. The molecule has 1 saturated heterocycles. The molecule has 1 aromatic carbocycles. The Bertz CT molecular complexity index is 584. The number of hydrogen-bond donors (Lipinski definition) is 2. The molecule has 2 heterocycles. The van der Waals surface area contributed by atoms with Gasteiger partial charge in [0.25, 0.3) is 0 Å². The Labute approximate surface area is 106 Å². The fraction of sp³-hybridized carbons (Fsp3) is 0.357. The van der Waals surface area contributed by atoms with Crippen LogP contribution in [-0.4, -0.2) is 29.0 Å². The van der Waals surface area contributed by atoms with Gasteiger partial charge in [-0.3, -0.25) is 0 Å². The van der Waals surface area contributed by atoms with E-state index in [-0.39, 0.29) is 6.03 Å². The zero-order chi connectivity index (χ0) is 12.5. The minimum absolute atomic E-state index is 0.0380. The van der Waals surface area contributed by atoms with E-state index in [1.807, 2.05) is 4.90 Å². The number of carbonyl (C=O) groups is 1. The third-order valence-electron chi connectivity index (χ3n) is 3.41. The topological polar surface area (TPSA) is 48.1 Å². The molecular formula is C14H17N3O. The molecule has 4 heteroatoms. The number of urea groups is 1. The standard InChI is InChI=1S/C14H17N3O/c1-10-3-4-11-8-12(16-13(11)7-10)9-15-14(18)17-5-2-6-17/h3-4,7-8,16H,2,5-6,9H2,1H3,(H,15,18). The predicted octanol–water partition coefficient (Wildman–Crippen LogP) is 2.39. The molecule has 0 spiro atoms. The number of hydrogen-bond acceptors (Lipinski definition) is 1. The zero-order valence-corrected chi connectivity index (χ0v) is 10.5. The molecule has 18 heavy (non-hydrogen) atoms. The average molecular weight is 243 g/mol. The third-order valence-corrected chi connectivity index (χ3v) is 3.41. The molecular weight excluding hydrogens is 226 g/mol. The first-order valence-electron chi connectivity index (χ1n) is 6.33. The highest BCUT2D eigenvalue weighted by molar-refractivity contribution is 5.81. The second-order valence-corrected chi connectivity index (χ2v) is 4.88. The monoisotopic (exact) mass is 243 g/mol. The molecule has 2 N–H and O–H groups in total. The van der Waals surface area contributed by atoms with E-state index in [2.05, 4.69) is 41.5 Å². The van der Waals surface area contributed by atoms with E-state index < -0.39 is 0 Å². The van der Waals surface area contributed by atoms with Crippen molar-refractivity contribution in [2.24, 2.45) is 0 Å². The summed E-state index contributed by atoms with van der Waals surface area (Å²) in [5.74, 6) is 0. The Morgan fingerprint density at radius 1 is 1.39 bits per heavy atom. The van der Waals surface area contributed by atoms with E-state index in [4.69, 9.17) is 0 Å². The van der Waals surface area contributed by atoms with Gasteiger partial charge in [0.2, 0.25) is 0 Å². The summed E-state index contributed by atoms with van der Waals surface area (Å²) in [6, 6.07) is 8.44. The van der Waals surface area contributed by atoms with E-state index in [1.54, 1.807) is 0 Å². The van der Waals surface area contributed by atoms with Gasteiger partial charge in [0.05, 0.1) is 6.54 Å². The first kappa shape index (κ1) is 11.1. The predicted molar refractivity (Wildman–Crippen MR) is 71.5 cm³/mol. The maximum Gasteiger partial charge on any atom is 0.317 e. The number of H-pyrrole nitrogens is 1. The van der Waals surface area contributed by atoms with Crippen LogP contribution in [0.2, 0.25) is 0 Å². The number of rotatable bonds is 2. The largest absolute Gasteiger partial charge is 0.357 e. The van der Waals surface area contributed by atoms with Crippen molar-refractivity contribution in [2.75, 3.05) is 13.1 Å². The minimum Gasteiger partial charge on any atom is -0.357 e. The molecule has 4 nitrogen and oxygen atoms in total. The minimum atomic E-state index is 0.0380. The van der Waals surface area contributed by atoms with E-state index in [0.717, 1.165) is 30.7 Å². The van der Waals surface area contributed by atoms with Crippen LogP contribution >= 0.6 is 0 Å². The molecule has 0 unspecified atom stereocenters. The SMILES string of the molecule is Cc1ccc2cc(CNC(=O)N3CCC3)[nH]c2c1. The zero-order valence-electron chi connectivity index (χ0n) is 10.5. The third kappa shape index (κ3) is 2.06. The van der Waals surface area contributed by atoms with Gasteiger partial charge in [0.1, 0.15) is 0 Å². The molecule has 2 amide bonds. The Morgan fingerprint density at radius 3 is 2.94 bits per heavy atom. The average Bonchev–Trinajstić information content (AvgIpc) is 2.65. The molecule has 0 bridgehead atoms. The number of benzene rings is 1. The molecule has 94 valence electrons. The fourth-order valence-corrected chi connectivity index (χ4v) is 2.20. The summed E-state index contributed by atoms with van der Waals surface area (Å²) in [4.78, 5) is 16.8. The number of amides is 2. The van der Waals surface area contributed by atoms with Crippen LogP contribution in [0.1, 0.15) is 17.7 Å². The first-order chi connectivity index (χ1) is 8.72. The van der Waals surface area contributed by atoms with Crippen LogP contribution in [0.25, 0.3) is 10.9 Å². The van der Waals surface area contributed by atoms with Crippen LogP contribution in [0.4, 0.5) is 4.79 Å². The summed E-state index contributed by atoms with van der Waals surface area (Å²) >= 11 is 0. The molecule has 1 fully saturated rings. The first-order valence-corrected chi connectivity index (χ1v) is 6.33. The number of fused-ring (bicyclic) bond motifs is 1. The normalized spacial score (nSPS) is 14.6. The summed E-state index contributed by atoms with van der Waals surface area (Å²) < 4.78 is 0. The van der Waals surface area contributed by atoms with Gasteiger partial charge in [-0.05, 0) is 36.4 Å². The number of likely N-dealkylation sites (tertiary alicyclic amines) is 1. The maximum absolute atomic E-state index is 11.7. The molecule has 1 aliphatic heterocycles. The quantitative estimate of drug-likeness (QED) is 0.836. The maximum atomic E-state index is 11.7. The highest BCUT2D eigenvalue weighted by Gasteiger charge is 2.19. The van der Waals surface area contributed by atoms with E-state index in [1.165, 1.54) is 10.9 Å². The second kappa shape index (κ2) is 4.37. The number of nitrogens with zero attached hydrogens (tertiary/aromatic N) is 1. The van der Waals surface area contributed by atoms with Crippen molar-refractivity contribution in [1.29, 1.82) is 0 Å². The smallest absolute Gasteiger partial charge is 0.317 e. The molecule has 1 aliphatic rings. The molecule has 0 radical (unpaired) electrons. The van der Waals surface area contributed by atoms with Crippen LogP contribution in [0.15, 0.2) is 24.3 Å². The molecule has 0 aliphatic carbocycles. The number of carbonyl (C=O) groups excluding carboxylic acids is 1. The summed E-state index contributed by atoms with van der Waals surface area (Å²) in [5, 5.41) is 4.12. The fourth-order valence-electron chi connectivity index (χ4n) is 2.20. The Balaban J connectivity index is 1.68. The van der Waals surface area contributed by atoms with Crippen LogP contribution in [0.3, 0.4) is 0 Å². The molecule has 0 atom stereocenters. The highest BCUT2D eigenvalue weighted by Crippen LogP contribution is 2.16. The number of aryl methyl sites for hydroxylation is 1. The highest BCUT2D eigenvalue weighted by atomic mass is 16.2. The lowest BCUT2D eigenvalue weighted by molar-refractivity contribution is 0.167. The van der Waals surface area contributed by atoms with Crippen molar-refractivity contribution in [1.82, 2.24) is 15.2 Å². The van der Waals surface area contributed by atoms with Crippen LogP contribution in [0, 0.1) is 6.92 Å². The Hall–Kier alpha value is -1.97. The van der Waals surface area contributed by atoms with Crippen molar-refractivity contribution >= 4 is 16.9 Å². The van der Waals surface area contributed by atoms with Crippen molar-refractivity contribution in [3.05, 3.63) is 35.5 Å². The van der Waals surface area contributed by atoms with Crippen molar-refractivity contribution in [2.45, 2.75) is 19.9 Å². The number of aromatic amines is 1. The van der Waals surface area contributed by atoms with Gasteiger partial charge >= 0.3 is 6.03 Å². The van der Waals surface area contributed by atoms with Gasteiger partial charge < -0.3 is 15.2 Å². The second-order valence-electron chi connectivity index (χ2n) is 4.88. The van der Waals surface area contributed by atoms with Crippen molar-refractivity contribution < 1.29 is 4.79 Å². The lowest BCUT2D eigenvalue weighted by atomic mass is 10.2. The van der Waals surface area contributed by atoms with Gasteiger partial charge in [-0.2, -0.15) is 0 Å². The van der Waals surface area contributed by atoms with Gasteiger partial charge in [0, 0.05) is 24.3 Å². The number of aromatic nitrogens is 1. The molecule has 3 rings (SSSR count). The van der Waals surface area contributed by atoms with Crippen LogP contribution in [-0.2, 0) is 6.54 Å². The van der Waals surface area contributed by atoms with Crippen molar-refractivity contribution in [3.8, 4) is 0 Å². The van der Waals surface area contributed by atoms with Gasteiger partial charge in [-0.15, -0.1) is 0 Å². The lowest BCUT2D eigenvalue weighted by Crippen LogP contribution is -2.47. The molecule has 0 saturated carbocycles. The number of nitrogens with one attached hydrogen (secondary N) is 2. The van der Waals surface area contributed by atoms with E-state index in [9.17, 15) is 4.79 Å². The summed E-state index contributed by atoms with van der Waals surface area (Å²) in [7, 11) is 0.